The van der Waals surface area contributed by atoms with Gasteiger partial charge in [0.2, 0.25) is 11.8 Å². The van der Waals surface area contributed by atoms with Gasteiger partial charge in [-0.15, -0.1) is 11.3 Å². The van der Waals surface area contributed by atoms with Gasteiger partial charge in [-0.3, -0.25) is 19.7 Å². The zero-order valence-corrected chi connectivity index (χ0v) is 15.9. The van der Waals surface area contributed by atoms with Crippen molar-refractivity contribution in [2.75, 3.05) is 16.0 Å². The Hall–Kier alpha value is -3.52. The maximum Gasteiger partial charge on any atom is 0.257 e. The molecule has 2 aromatic carbocycles. The number of amides is 3. The summed E-state index contributed by atoms with van der Waals surface area (Å²) >= 11 is 1.27. The summed E-state index contributed by atoms with van der Waals surface area (Å²) in [6.07, 6.45) is 0.0884. The SMILES string of the molecule is CC(=O)Nc1ccc(NC(=O)Cc2csc(NC(=O)c3ccccc3)n2)cc1. The number of aromatic nitrogens is 1. The van der Waals surface area contributed by atoms with Crippen LogP contribution in [0.1, 0.15) is 23.0 Å². The van der Waals surface area contributed by atoms with Crippen LogP contribution < -0.4 is 16.0 Å². The van der Waals surface area contributed by atoms with Gasteiger partial charge in [-0.2, -0.15) is 0 Å². The van der Waals surface area contributed by atoms with Crippen molar-refractivity contribution in [2.24, 2.45) is 0 Å². The van der Waals surface area contributed by atoms with Crippen molar-refractivity contribution in [1.29, 1.82) is 0 Å². The van der Waals surface area contributed by atoms with E-state index >= 15 is 0 Å². The van der Waals surface area contributed by atoms with Gasteiger partial charge in [0.1, 0.15) is 0 Å². The Balaban J connectivity index is 1.53. The molecule has 0 aliphatic carbocycles. The molecule has 1 aromatic heterocycles. The van der Waals surface area contributed by atoms with Crippen LogP contribution in [0.4, 0.5) is 16.5 Å². The number of nitrogens with zero attached hydrogens (tertiary/aromatic N) is 1. The molecule has 3 amide bonds. The Bertz CT molecular complexity index is 984. The number of carbonyl (C=O) groups is 3. The number of hydrogen-bond donors (Lipinski definition) is 3. The van der Waals surface area contributed by atoms with E-state index in [1.807, 2.05) is 6.07 Å². The van der Waals surface area contributed by atoms with Crippen LogP contribution in [0.3, 0.4) is 0 Å². The number of benzene rings is 2. The smallest absolute Gasteiger partial charge is 0.257 e. The maximum absolute atomic E-state index is 12.2. The van der Waals surface area contributed by atoms with Gasteiger partial charge in [-0.1, -0.05) is 18.2 Å². The molecule has 0 atom stereocenters. The molecule has 0 spiro atoms. The third-order valence-electron chi connectivity index (χ3n) is 3.64. The minimum absolute atomic E-state index is 0.0884. The Labute approximate surface area is 165 Å². The van der Waals surface area contributed by atoms with Crippen LogP contribution in [-0.4, -0.2) is 22.7 Å². The summed E-state index contributed by atoms with van der Waals surface area (Å²) in [5.41, 5.74) is 2.39. The van der Waals surface area contributed by atoms with Crippen LogP contribution in [-0.2, 0) is 16.0 Å². The van der Waals surface area contributed by atoms with Gasteiger partial charge in [-0.25, -0.2) is 4.98 Å². The number of nitrogens with one attached hydrogen (secondary N) is 3. The monoisotopic (exact) mass is 394 g/mol. The summed E-state index contributed by atoms with van der Waals surface area (Å²) in [5, 5.41) is 10.3. The molecular weight excluding hydrogens is 376 g/mol. The van der Waals surface area contributed by atoms with Crippen molar-refractivity contribution in [2.45, 2.75) is 13.3 Å². The molecule has 3 N–H and O–H groups in total. The third-order valence-corrected chi connectivity index (χ3v) is 4.45. The van der Waals surface area contributed by atoms with Crippen molar-refractivity contribution in [3.8, 4) is 0 Å². The summed E-state index contributed by atoms with van der Waals surface area (Å²) in [5.74, 6) is -0.626. The van der Waals surface area contributed by atoms with E-state index in [1.54, 1.807) is 53.9 Å². The molecule has 8 heteroatoms. The fraction of sp³-hybridized carbons (Fsp3) is 0.100. The van der Waals surface area contributed by atoms with Crippen molar-refractivity contribution in [3.05, 3.63) is 71.2 Å². The number of thiazole rings is 1. The molecule has 142 valence electrons. The van der Waals surface area contributed by atoms with Crippen molar-refractivity contribution >= 4 is 45.6 Å². The predicted octanol–water partition coefficient (Wildman–Crippen LogP) is 3.54. The quantitative estimate of drug-likeness (QED) is 0.595. The highest BCUT2D eigenvalue weighted by Crippen LogP contribution is 2.18. The molecule has 0 saturated carbocycles. The van der Waals surface area contributed by atoms with E-state index < -0.39 is 0 Å². The number of rotatable bonds is 6. The highest BCUT2D eigenvalue weighted by Gasteiger charge is 2.11. The number of anilines is 3. The summed E-state index contributed by atoms with van der Waals surface area (Å²) in [6.45, 7) is 1.43. The molecular formula is C20H18N4O3S. The second-order valence-corrected chi connectivity index (χ2v) is 6.81. The van der Waals surface area contributed by atoms with Gasteiger partial charge >= 0.3 is 0 Å². The molecule has 28 heavy (non-hydrogen) atoms. The number of hydrogen-bond acceptors (Lipinski definition) is 5. The average molecular weight is 394 g/mol. The van der Waals surface area contributed by atoms with Crippen molar-refractivity contribution < 1.29 is 14.4 Å². The molecule has 0 fully saturated rings. The van der Waals surface area contributed by atoms with E-state index in [1.165, 1.54) is 18.3 Å². The van der Waals surface area contributed by atoms with Crippen molar-refractivity contribution in [1.82, 2.24) is 4.98 Å². The molecule has 3 aromatic rings. The fourth-order valence-electron chi connectivity index (χ4n) is 2.41. The minimum atomic E-state index is -0.245. The minimum Gasteiger partial charge on any atom is -0.326 e. The Morgan fingerprint density at radius 1 is 0.893 bits per heavy atom. The highest BCUT2D eigenvalue weighted by molar-refractivity contribution is 7.14. The van der Waals surface area contributed by atoms with E-state index in [2.05, 4.69) is 20.9 Å². The summed E-state index contributed by atoms with van der Waals surface area (Å²) in [6, 6.07) is 15.7. The lowest BCUT2D eigenvalue weighted by Crippen LogP contribution is -2.15. The molecule has 1 heterocycles. The molecule has 3 rings (SSSR count). The first-order valence-electron chi connectivity index (χ1n) is 8.48. The van der Waals surface area contributed by atoms with Crippen LogP contribution in [0, 0.1) is 0 Å². The summed E-state index contributed by atoms with van der Waals surface area (Å²) < 4.78 is 0. The van der Waals surface area contributed by atoms with E-state index in [0.29, 0.717) is 27.8 Å². The zero-order chi connectivity index (χ0) is 19.9. The molecule has 0 aliphatic rings. The van der Waals surface area contributed by atoms with E-state index in [0.717, 1.165) is 0 Å². The van der Waals surface area contributed by atoms with Crippen LogP contribution in [0.15, 0.2) is 60.0 Å². The molecule has 0 radical (unpaired) electrons. The summed E-state index contributed by atoms with van der Waals surface area (Å²) in [7, 11) is 0. The van der Waals surface area contributed by atoms with Gasteiger partial charge in [0.15, 0.2) is 5.13 Å². The van der Waals surface area contributed by atoms with E-state index in [-0.39, 0.29) is 24.1 Å². The van der Waals surface area contributed by atoms with Gasteiger partial charge in [-0.05, 0) is 36.4 Å². The van der Waals surface area contributed by atoms with Gasteiger partial charge in [0.25, 0.3) is 5.91 Å². The standard InChI is InChI=1S/C20H18N4O3S/c1-13(25)21-15-7-9-16(10-8-15)22-18(26)11-17-12-28-20(23-17)24-19(27)14-5-3-2-4-6-14/h2-10,12H,11H2,1H3,(H,21,25)(H,22,26)(H,23,24,27). The van der Waals surface area contributed by atoms with Crippen LogP contribution in [0.25, 0.3) is 0 Å². The third kappa shape index (κ3) is 5.49. The lowest BCUT2D eigenvalue weighted by Gasteiger charge is -2.06. The molecule has 0 saturated heterocycles. The largest absolute Gasteiger partial charge is 0.326 e. The van der Waals surface area contributed by atoms with Crippen LogP contribution in [0.2, 0.25) is 0 Å². The van der Waals surface area contributed by atoms with Gasteiger partial charge < -0.3 is 10.6 Å². The van der Waals surface area contributed by atoms with Crippen LogP contribution in [0.5, 0.6) is 0 Å². The van der Waals surface area contributed by atoms with Gasteiger partial charge in [0, 0.05) is 29.2 Å². The Morgan fingerprint density at radius 3 is 2.18 bits per heavy atom. The lowest BCUT2D eigenvalue weighted by molar-refractivity contribution is -0.116. The average Bonchev–Trinajstić information content (AvgIpc) is 3.10. The molecule has 7 nitrogen and oxygen atoms in total. The topological polar surface area (TPSA) is 100 Å². The van der Waals surface area contributed by atoms with E-state index in [9.17, 15) is 14.4 Å². The first-order valence-corrected chi connectivity index (χ1v) is 9.36. The lowest BCUT2D eigenvalue weighted by atomic mass is 10.2. The predicted molar refractivity (Wildman–Crippen MR) is 110 cm³/mol. The molecule has 0 unspecified atom stereocenters. The molecule has 0 bridgehead atoms. The fourth-order valence-corrected chi connectivity index (χ4v) is 3.12. The zero-order valence-electron chi connectivity index (χ0n) is 15.1. The van der Waals surface area contributed by atoms with Gasteiger partial charge in [0.05, 0.1) is 12.1 Å². The number of carbonyl (C=O) groups excluding carboxylic acids is 3. The summed E-state index contributed by atoms with van der Waals surface area (Å²) in [4.78, 5) is 39.6. The normalized spacial score (nSPS) is 10.2. The second-order valence-electron chi connectivity index (χ2n) is 5.95. The molecule has 0 aliphatic heterocycles. The van der Waals surface area contributed by atoms with Crippen LogP contribution >= 0.6 is 11.3 Å². The Morgan fingerprint density at radius 2 is 1.54 bits per heavy atom. The Kier molecular flexibility index (Phi) is 6.13. The first-order chi connectivity index (χ1) is 13.5. The highest BCUT2D eigenvalue weighted by atomic mass is 32.1. The van der Waals surface area contributed by atoms with Crippen molar-refractivity contribution in [3.63, 3.8) is 0 Å². The first kappa shape index (κ1) is 19.2. The maximum atomic E-state index is 12.2. The second kappa shape index (κ2) is 8.92. The van der Waals surface area contributed by atoms with E-state index in [4.69, 9.17) is 0 Å².